The second kappa shape index (κ2) is 8.19. The second-order valence-electron chi connectivity index (χ2n) is 8.96. The van der Waals surface area contributed by atoms with Crippen LogP contribution in [0.15, 0.2) is 17.1 Å². The number of anilines is 1. The molecule has 2 aromatic rings. The minimum atomic E-state index is -1.22. The van der Waals surface area contributed by atoms with Gasteiger partial charge in [0.2, 0.25) is 5.43 Å². The molecule has 2 fully saturated rings. The number of nitrogens with zero attached hydrogens (tertiary/aromatic N) is 1. The van der Waals surface area contributed by atoms with E-state index in [1.165, 1.54) is 6.20 Å². The molecule has 1 aliphatic heterocycles. The van der Waals surface area contributed by atoms with Gasteiger partial charge in [-0.25, -0.2) is 4.79 Å². The van der Waals surface area contributed by atoms with Crippen molar-refractivity contribution in [3.05, 3.63) is 33.6 Å². The first-order valence-corrected chi connectivity index (χ1v) is 11.4. The molecule has 2 unspecified atom stereocenters. The molecule has 7 nitrogen and oxygen atoms in total. The number of carbonyl (C=O) groups is 1. The number of hydrogen-bond donors (Lipinski definition) is 3. The molecule has 0 radical (unpaired) electrons. The molecule has 168 valence electrons. The molecule has 0 bridgehead atoms. The van der Waals surface area contributed by atoms with E-state index in [1.54, 1.807) is 7.11 Å². The maximum atomic E-state index is 13.0. The molecule has 1 saturated heterocycles. The summed E-state index contributed by atoms with van der Waals surface area (Å²) >= 11 is 0. The van der Waals surface area contributed by atoms with Crippen LogP contribution in [0.25, 0.3) is 10.9 Å². The summed E-state index contributed by atoms with van der Waals surface area (Å²) in [6.45, 7) is 5.35. The molecule has 2 heterocycles. The van der Waals surface area contributed by atoms with Crippen LogP contribution in [-0.2, 0) is 0 Å². The first-order chi connectivity index (χ1) is 14.9. The van der Waals surface area contributed by atoms with Gasteiger partial charge in [-0.2, -0.15) is 0 Å². The largest absolute Gasteiger partial charge is 0.492 e. The number of H-pyrrole nitrogens is 1. The molecule has 31 heavy (non-hydrogen) atoms. The third-order valence-electron chi connectivity index (χ3n) is 7.28. The van der Waals surface area contributed by atoms with Gasteiger partial charge in [0.15, 0.2) is 5.75 Å². The van der Waals surface area contributed by atoms with E-state index in [4.69, 9.17) is 4.74 Å². The van der Waals surface area contributed by atoms with E-state index in [2.05, 4.69) is 29.0 Å². The average molecular weight is 428 g/mol. The number of pyridine rings is 1. The number of benzene rings is 1. The van der Waals surface area contributed by atoms with Crippen LogP contribution < -0.4 is 20.4 Å². The van der Waals surface area contributed by atoms with Crippen molar-refractivity contribution in [2.75, 3.05) is 25.6 Å². The van der Waals surface area contributed by atoms with Crippen molar-refractivity contribution in [3.63, 3.8) is 0 Å². The zero-order valence-electron chi connectivity index (χ0n) is 18.9. The van der Waals surface area contributed by atoms with Gasteiger partial charge in [0, 0.05) is 18.8 Å². The van der Waals surface area contributed by atoms with Gasteiger partial charge in [-0.1, -0.05) is 13.8 Å². The monoisotopic (exact) mass is 427 g/mol. The Morgan fingerprint density at radius 2 is 2.10 bits per heavy atom. The Kier molecular flexibility index (Phi) is 5.73. The maximum absolute atomic E-state index is 13.0. The van der Waals surface area contributed by atoms with Gasteiger partial charge < -0.3 is 25.0 Å². The number of aromatic nitrogens is 1. The summed E-state index contributed by atoms with van der Waals surface area (Å²) in [6, 6.07) is 2.32. The Morgan fingerprint density at radius 1 is 1.35 bits per heavy atom. The third kappa shape index (κ3) is 3.39. The topological polar surface area (TPSA) is 94.7 Å². The number of carboxylic acids is 1. The molecule has 7 heteroatoms. The van der Waals surface area contributed by atoms with Crippen molar-refractivity contribution in [2.45, 2.75) is 69.9 Å². The van der Waals surface area contributed by atoms with Crippen molar-refractivity contribution >= 4 is 22.6 Å². The highest BCUT2D eigenvalue weighted by Crippen LogP contribution is 2.54. The van der Waals surface area contributed by atoms with Gasteiger partial charge in [-0.05, 0) is 63.1 Å². The predicted molar refractivity (Wildman–Crippen MR) is 123 cm³/mol. The Morgan fingerprint density at radius 3 is 2.65 bits per heavy atom. The summed E-state index contributed by atoms with van der Waals surface area (Å²) in [5.41, 5.74) is 2.05. The summed E-state index contributed by atoms with van der Waals surface area (Å²) in [5, 5.41) is 13.2. The van der Waals surface area contributed by atoms with Gasteiger partial charge in [-0.3, -0.25) is 4.79 Å². The number of aromatic amines is 1. The van der Waals surface area contributed by atoms with Crippen LogP contribution >= 0.6 is 0 Å². The van der Waals surface area contributed by atoms with E-state index < -0.39 is 11.4 Å². The van der Waals surface area contributed by atoms with E-state index in [0.29, 0.717) is 28.6 Å². The van der Waals surface area contributed by atoms with E-state index in [-0.39, 0.29) is 11.1 Å². The summed E-state index contributed by atoms with van der Waals surface area (Å²) in [4.78, 5) is 30.2. The fourth-order valence-electron chi connectivity index (χ4n) is 5.51. The van der Waals surface area contributed by atoms with Crippen molar-refractivity contribution in [1.82, 2.24) is 10.3 Å². The molecule has 0 spiro atoms. The first-order valence-electron chi connectivity index (χ1n) is 11.4. The van der Waals surface area contributed by atoms with Crippen molar-refractivity contribution in [2.24, 2.45) is 0 Å². The zero-order valence-corrected chi connectivity index (χ0v) is 18.9. The van der Waals surface area contributed by atoms with Crippen LogP contribution in [0.4, 0.5) is 5.69 Å². The number of hydrogen-bond acceptors (Lipinski definition) is 5. The van der Waals surface area contributed by atoms with Crippen LogP contribution in [-0.4, -0.2) is 48.3 Å². The van der Waals surface area contributed by atoms with Crippen LogP contribution in [0.2, 0.25) is 0 Å². The highest BCUT2D eigenvalue weighted by atomic mass is 16.5. The standard InChI is InChI=1S/C24H33N3O4/c1-5-15-9-10-24(6-2,13-25-3)27(15)20-16(14-7-8-14)11-17-19(22(20)31-4)26-12-18(21(17)28)23(29)30/h11-12,14-15,25H,5-10,13H2,1-4H3,(H,26,28)(H,29,30). The third-order valence-corrected chi connectivity index (χ3v) is 7.28. The second-order valence-corrected chi connectivity index (χ2v) is 8.96. The molecule has 2 aliphatic rings. The fourth-order valence-corrected chi connectivity index (χ4v) is 5.51. The molecule has 1 aliphatic carbocycles. The summed E-state index contributed by atoms with van der Waals surface area (Å²) in [7, 11) is 3.64. The van der Waals surface area contributed by atoms with Crippen LogP contribution in [0.3, 0.4) is 0 Å². The number of aromatic carboxylic acids is 1. The molecule has 2 atom stereocenters. The molecule has 0 amide bonds. The van der Waals surface area contributed by atoms with Crippen LogP contribution in [0.1, 0.15) is 74.2 Å². The highest BCUT2D eigenvalue weighted by molar-refractivity contribution is 5.97. The molecule has 3 N–H and O–H groups in total. The van der Waals surface area contributed by atoms with Crippen LogP contribution in [0.5, 0.6) is 5.75 Å². The lowest BCUT2D eigenvalue weighted by atomic mass is 9.90. The van der Waals surface area contributed by atoms with Gasteiger partial charge in [0.25, 0.3) is 0 Å². The van der Waals surface area contributed by atoms with E-state index in [9.17, 15) is 14.7 Å². The number of likely N-dealkylation sites (N-methyl/N-ethyl adjacent to an activating group) is 1. The number of methoxy groups -OCH3 is 1. The Balaban J connectivity index is 2.05. The highest BCUT2D eigenvalue weighted by Gasteiger charge is 2.47. The SMILES string of the molecule is CCC1CCC(CC)(CNC)N1c1c(C2CC2)cc2c(=O)c(C(=O)O)c[nH]c2c1OC. The number of rotatable bonds is 8. The average Bonchev–Trinajstić information content (AvgIpc) is 3.54. The van der Waals surface area contributed by atoms with Crippen molar-refractivity contribution < 1.29 is 14.6 Å². The lowest BCUT2D eigenvalue weighted by Gasteiger charge is -2.44. The summed E-state index contributed by atoms with van der Waals surface area (Å²) < 4.78 is 5.97. The predicted octanol–water partition coefficient (Wildman–Crippen LogP) is 3.86. The van der Waals surface area contributed by atoms with Gasteiger partial charge >= 0.3 is 5.97 Å². The van der Waals surface area contributed by atoms with E-state index in [1.807, 2.05) is 13.1 Å². The normalized spacial score (nSPS) is 23.5. The summed E-state index contributed by atoms with van der Waals surface area (Å²) in [5.74, 6) is -0.185. The molecular weight excluding hydrogens is 394 g/mol. The Labute approximate surface area is 182 Å². The number of carboxylic acid groups (broad SMARTS) is 1. The Bertz CT molecular complexity index is 1060. The van der Waals surface area contributed by atoms with Crippen molar-refractivity contribution in [3.8, 4) is 5.75 Å². The maximum Gasteiger partial charge on any atom is 0.341 e. The lowest BCUT2D eigenvalue weighted by Crippen LogP contribution is -2.53. The van der Waals surface area contributed by atoms with E-state index >= 15 is 0 Å². The van der Waals surface area contributed by atoms with Crippen LogP contribution in [0, 0.1) is 0 Å². The minimum absolute atomic E-state index is 0.0265. The molecule has 4 rings (SSSR count). The smallest absolute Gasteiger partial charge is 0.341 e. The number of ether oxygens (including phenoxy) is 1. The Hall–Kier alpha value is -2.54. The van der Waals surface area contributed by atoms with Crippen molar-refractivity contribution in [1.29, 1.82) is 0 Å². The first kappa shape index (κ1) is 21.7. The molecule has 1 saturated carbocycles. The fraction of sp³-hybridized carbons (Fsp3) is 0.583. The molecule has 1 aromatic heterocycles. The zero-order chi connectivity index (χ0) is 22.3. The quantitative estimate of drug-likeness (QED) is 0.592. The molecule has 1 aromatic carbocycles. The van der Waals surface area contributed by atoms with Gasteiger partial charge in [-0.15, -0.1) is 0 Å². The number of fused-ring (bicyclic) bond motifs is 1. The van der Waals surface area contributed by atoms with Gasteiger partial charge in [0.1, 0.15) is 5.56 Å². The minimum Gasteiger partial charge on any atom is -0.492 e. The summed E-state index contributed by atoms with van der Waals surface area (Å²) in [6.07, 6.45) is 7.70. The molecular formula is C24H33N3O4. The number of nitrogens with one attached hydrogen (secondary N) is 2. The lowest BCUT2D eigenvalue weighted by molar-refractivity contribution is 0.0695. The van der Waals surface area contributed by atoms with Gasteiger partial charge in [0.05, 0.1) is 29.2 Å². The van der Waals surface area contributed by atoms with E-state index in [0.717, 1.165) is 56.3 Å².